The molecule has 1 aromatic rings. The summed E-state index contributed by atoms with van der Waals surface area (Å²) in [7, 11) is 0. The molecule has 0 saturated carbocycles. The predicted molar refractivity (Wildman–Crippen MR) is 240 cm³/mol. The third kappa shape index (κ3) is 27.1. The molecule has 0 aliphatic carbocycles. The summed E-state index contributed by atoms with van der Waals surface area (Å²) in [5, 5.41) is 0. The molecule has 2 bridgehead atoms. The Hall–Kier alpha value is -1.30. The summed E-state index contributed by atoms with van der Waals surface area (Å²) in [5.74, 6) is 0.575. The van der Waals surface area contributed by atoms with Crippen molar-refractivity contribution in [3.8, 4) is 11.5 Å². The van der Waals surface area contributed by atoms with Crippen molar-refractivity contribution in [3.05, 3.63) is 24.3 Å². The quantitative estimate of drug-likeness (QED) is 0.0619. The van der Waals surface area contributed by atoms with Crippen LogP contribution in [0.4, 0.5) is 0 Å². The number of fused-ring (bicyclic) bond motifs is 4. The topological polar surface area (TPSA) is 34.2 Å². The Labute approximate surface area is 343 Å². The number of benzene rings is 1. The van der Waals surface area contributed by atoms with Gasteiger partial charge in [0.1, 0.15) is 18.0 Å². The molecule has 0 N–H and O–H groups in total. The molecule has 2 heterocycles. The van der Waals surface area contributed by atoms with E-state index in [-0.39, 0.29) is 0 Å². The van der Waals surface area contributed by atoms with Gasteiger partial charge in [0.05, 0.1) is 6.61 Å². The second-order valence-corrected chi connectivity index (χ2v) is 17.2. The maximum atomic E-state index is 6.87. The lowest BCUT2D eigenvalue weighted by Crippen LogP contribution is -2.54. The molecule has 2 aliphatic heterocycles. The Bertz CT molecular complexity index is 874. The molecular formula is C50H94N2O3. The van der Waals surface area contributed by atoms with Crippen LogP contribution in [0.15, 0.2) is 24.3 Å². The number of ether oxygens (including phenoxy) is 3. The number of hydrogen-bond donors (Lipinski definition) is 0. The van der Waals surface area contributed by atoms with Crippen molar-refractivity contribution in [3.63, 3.8) is 0 Å². The van der Waals surface area contributed by atoms with Gasteiger partial charge in [0, 0.05) is 6.54 Å². The van der Waals surface area contributed by atoms with Crippen LogP contribution in [-0.2, 0) is 4.74 Å². The molecule has 3 rings (SSSR count). The van der Waals surface area contributed by atoms with Gasteiger partial charge in [0.25, 0.3) is 0 Å². The Morgan fingerprint density at radius 2 is 0.636 bits per heavy atom. The van der Waals surface area contributed by atoms with Gasteiger partial charge in [0.2, 0.25) is 0 Å². The standard InChI is InChI=1S/C50H94N2O3/c1-5-9-13-17-21-25-29-33-41-51(42-34-30-26-22-18-14-10-6-2)45-46-53-50(54-48-37-38-49(55-50)40-39-48)47-52(43-35-31-27-23-19-15-11-7-3)44-36-32-28-24-20-16-12-8-4/h37-40H,5-36,41-47H2,1-4H3. The molecule has 5 heteroatoms. The van der Waals surface area contributed by atoms with E-state index in [4.69, 9.17) is 14.2 Å². The first kappa shape index (κ1) is 49.8. The SMILES string of the molecule is CCCCCCCCCCN(CCCCCCCCCC)CCOC1(CN(CCCCCCCCCC)CCCCCCCCCC)Oc2ccc(cc2)O1. The highest BCUT2D eigenvalue weighted by molar-refractivity contribution is 5.33. The summed E-state index contributed by atoms with van der Waals surface area (Å²) in [6, 6.07) is 8.16. The summed E-state index contributed by atoms with van der Waals surface area (Å²) in [6.07, 6.45) is 43.4. The van der Waals surface area contributed by atoms with Crippen molar-refractivity contribution < 1.29 is 14.2 Å². The number of hydrogen-bond acceptors (Lipinski definition) is 5. The van der Waals surface area contributed by atoms with Crippen LogP contribution < -0.4 is 9.47 Å². The molecule has 0 unspecified atom stereocenters. The predicted octanol–water partition coefficient (Wildman–Crippen LogP) is 15.3. The van der Waals surface area contributed by atoms with Crippen LogP contribution >= 0.6 is 0 Å². The molecule has 1 aromatic carbocycles. The highest BCUT2D eigenvalue weighted by Crippen LogP contribution is 2.32. The molecule has 0 amide bonds. The molecule has 0 atom stereocenters. The van der Waals surface area contributed by atoms with Gasteiger partial charge in [-0.3, -0.25) is 4.90 Å². The average Bonchev–Trinajstić information content (AvgIpc) is 3.47. The third-order valence-electron chi connectivity index (χ3n) is 11.8. The second-order valence-electron chi connectivity index (χ2n) is 17.2. The van der Waals surface area contributed by atoms with Crippen LogP contribution in [0.2, 0.25) is 0 Å². The summed E-state index contributed by atoms with van der Waals surface area (Å²) in [4.78, 5) is 5.29. The molecule has 0 fully saturated rings. The van der Waals surface area contributed by atoms with E-state index in [2.05, 4.69) is 37.5 Å². The lowest BCUT2D eigenvalue weighted by molar-refractivity contribution is -0.306. The van der Waals surface area contributed by atoms with Gasteiger partial charge >= 0.3 is 5.97 Å². The fourth-order valence-corrected chi connectivity index (χ4v) is 8.21. The molecule has 5 nitrogen and oxygen atoms in total. The molecule has 322 valence electrons. The summed E-state index contributed by atoms with van der Waals surface area (Å²) in [6.45, 7) is 15.9. The van der Waals surface area contributed by atoms with E-state index in [0.717, 1.165) is 31.1 Å². The zero-order valence-corrected chi connectivity index (χ0v) is 37.5. The molecule has 0 saturated heterocycles. The molecular weight excluding hydrogens is 677 g/mol. The van der Waals surface area contributed by atoms with Gasteiger partial charge in [-0.15, -0.1) is 0 Å². The van der Waals surface area contributed by atoms with Gasteiger partial charge in [-0.1, -0.05) is 207 Å². The Morgan fingerprint density at radius 1 is 0.364 bits per heavy atom. The first-order valence-electron chi connectivity index (χ1n) is 24.7. The lowest BCUT2D eigenvalue weighted by atomic mass is 10.1. The van der Waals surface area contributed by atoms with Crippen molar-refractivity contribution in [1.82, 2.24) is 9.80 Å². The maximum Gasteiger partial charge on any atom is 0.385 e. The van der Waals surface area contributed by atoms with E-state index >= 15 is 0 Å². The van der Waals surface area contributed by atoms with E-state index in [9.17, 15) is 0 Å². The van der Waals surface area contributed by atoms with Crippen LogP contribution in [0.25, 0.3) is 0 Å². The Balaban J connectivity index is 2.00. The average molecular weight is 771 g/mol. The van der Waals surface area contributed by atoms with E-state index in [1.807, 2.05) is 24.3 Å². The van der Waals surface area contributed by atoms with Crippen molar-refractivity contribution in [1.29, 1.82) is 0 Å². The Kier molecular flexibility index (Phi) is 32.5. The zero-order valence-electron chi connectivity index (χ0n) is 37.5. The summed E-state index contributed by atoms with van der Waals surface area (Å²) >= 11 is 0. The van der Waals surface area contributed by atoms with Crippen LogP contribution in [-0.4, -0.2) is 61.6 Å². The monoisotopic (exact) mass is 771 g/mol. The van der Waals surface area contributed by atoms with Crippen molar-refractivity contribution in [2.24, 2.45) is 0 Å². The fraction of sp³-hybridized carbons (Fsp3) is 0.880. The molecule has 0 aromatic heterocycles. The van der Waals surface area contributed by atoms with E-state index in [0.29, 0.717) is 13.2 Å². The van der Waals surface area contributed by atoms with Crippen molar-refractivity contribution >= 4 is 0 Å². The highest BCUT2D eigenvalue weighted by atomic mass is 16.9. The van der Waals surface area contributed by atoms with Gasteiger partial charge in [-0.25, -0.2) is 0 Å². The smallest absolute Gasteiger partial charge is 0.385 e. The first-order chi connectivity index (χ1) is 27.1. The Morgan fingerprint density at radius 3 is 0.945 bits per heavy atom. The van der Waals surface area contributed by atoms with E-state index in [1.54, 1.807) is 0 Å². The van der Waals surface area contributed by atoms with E-state index in [1.165, 1.54) is 219 Å². The minimum atomic E-state index is -1.11. The fourth-order valence-electron chi connectivity index (χ4n) is 8.21. The van der Waals surface area contributed by atoms with Crippen LogP contribution in [0, 0.1) is 0 Å². The van der Waals surface area contributed by atoms with Crippen molar-refractivity contribution in [2.75, 3.05) is 45.9 Å². The largest absolute Gasteiger partial charge is 0.429 e. The van der Waals surface area contributed by atoms with Crippen LogP contribution in [0.1, 0.15) is 233 Å². The maximum absolute atomic E-state index is 6.87. The zero-order chi connectivity index (χ0) is 39.3. The minimum absolute atomic E-state index is 0.623. The van der Waals surface area contributed by atoms with Gasteiger partial charge in [0.15, 0.2) is 0 Å². The molecule has 0 radical (unpaired) electrons. The summed E-state index contributed by atoms with van der Waals surface area (Å²) in [5.41, 5.74) is 0. The molecule has 0 spiro atoms. The molecule has 55 heavy (non-hydrogen) atoms. The third-order valence-corrected chi connectivity index (χ3v) is 11.8. The number of rotatable bonds is 42. The lowest BCUT2D eigenvalue weighted by Gasteiger charge is -2.37. The second kappa shape index (κ2) is 35.8. The summed E-state index contributed by atoms with van der Waals surface area (Å²) < 4.78 is 20.3. The van der Waals surface area contributed by atoms with E-state index < -0.39 is 5.97 Å². The van der Waals surface area contributed by atoms with Gasteiger partial charge < -0.3 is 19.1 Å². The van der Waals surface area contributed by atoms with Gasteiger partial charge in [-0.05, 0) is 76.1 Å². The number of unbranched alkanes of at least 4 members (excludes halogenated alkanes) is 28. The van der Waals surface area contributed by atoms with Crippen molar-refractivity contribution in [2.45, 2.75) is 239 Å². The normalized spacial score (nSPS) is 13.5. The van der Waals surface area contributed by atoms with Crippen LogP contribution in [0.3, 0.4) is 0 Å². The highest BCUT2D eigenvalue weighted by Gasteiger charge is 2.41. The van der Waals surface area contributed by atoms with Gasteiger partial charge in [-0.2, -0.15) is 0 Å². The van der Waals surface area contributed by atoms with Crippen LogP contribution in [0.5, 0.6) is 11.5 Å². The first-order valence-corrected chi connectivity index (χ1v) is 24.7. The minimum Gasteiger partial charge on any atom is -0.429 e. The molecule has 2 aliphatic rings. The number of nitrogens with zero attached hydrogens (tertiary/aromatic N) is 2.